The smallest absolute Gasteiger partial charge is 0.167 e. The molecule has 0 N–H and O–H groups in total. The Morgan fingerprint density at radius 3 is 2.67 bits per heavy atom. The fraction of sp³-hybridized carbons (Fsp3) is 0.364. The molecule has 0 aliphatic carbocycles. The van der Waals surface area contributed by atoms with Gasteiger partial charge in [-0.2, -0.15) is 0 Å². The van der Waals surface area contributed by atoms with Gasteiger partial charge in [-0.3, -0.25) is 0 Å². The van der Waals surface area contributed by atoms with E-state index in [9.17, 15) is 0 Å². The van der Waals surface area contributed by atoms with Crippen LogP contribution in [0, 0.1) is 0 Å². The van der Waals surface area contributed by atoms with E-state index in [1.165, 1.54) is 24.9 Å². The molecule has 0 saturated heterocycles. The van der Waals surface area contributed by atoms with E-state index in [0.717, 1.165) is 6.54 Å². The SMILES string of the molecule is C1=[N+](Cc2ccccc2)CCC1. The van der Waals surface area contributed by atoms with Gasteiger partial charge >= 0.3 is 0 Å². The van der Waals surface area contributed by atoms with Gasteiger partial charge in [0.2, 0.25) is 0 Å². The summed E-state index contributed by atoms with van der Waals surface area (Å²) in [5.74, 6) is 0. The van der Waals surface area contributed by atoms with Gasteiger partial charge in [-0.25, -0.2) is 4.58 Å². The topological polar surface area (TPSA) is 3.01 Å². The molecule has 2 rings (SSSR count). The number of nitrogens with zero attached hydrogens (tertiary/aromatic N) is 1. The first-order valence-corrected chi connectivity index (χ1v) is 4.56. The first-order valence-electron chi connectivity index (χ1n) is 4.56. The van der Waals surface area contributed by atoms with Crippen LogP contribution in [0.5, 0.6) is 0 Å². The second kappa shape index (κ2) is 3.53. The maximum absolute atomic E-state index is 2.40. The maximum atomic E-state index is 2.40. The van der Waals surface area contributed by atoms with Crippen LogP contribution in [0.2, 0.25) is 0 Å². The summed E-state index contributed by atoms with van der Waals surface area (Å²) in [4.78, 5) is 0. The van der Waals surface area contributed by atoms with Crippen molar-refractivity contribution in [3.8, 4) is 0 Å². The summed E-state index contributed by atoms with van der Waals surface area (Å²) in [6.45, 7) is 2.32. The number of hydrogen-bond donors (Lipinski definition) is 0. The molecule has 1 heterocycles. The minimum atomic E-state index is 1.08. The molecule has 0 spiro atoms. The quantitative estimate of drug-likeness (QED) is 0.583. The van der Waals surface area contributed by atoms with Crippen molar-refractivity contribution >= 4 is 6.21 Å². The monoisotopic (exact) mass is 160 g/mol. The summed E-state index contributed by atoms with van der Waals surface area (Å²) in [6, 6.07) is 10.6. The lowest BCUT2D eigenvalue weighted by atomic mass is 10.2. The highest BCUT2D eigenvalue weighted by Gasteiger charge is 2.10. The second-order valence-electron chi connectivity index (χ2n) is 3.28. The highest BCUT2D eigenvalue weighted by molar-refractivity contribution is 5.52. The molecule has 1 aromatic rings. The van der Waals surface area contributed by atoms with Gasteiger partial charge in [-0.15, -0.1) is 0 Å². The Morgan fingerprint density at radius 1 is 1.17 bits per heavy atom. The lowest BCUT2D eigenvalue weighted by molar-refractivity contribution is -0.532. The molecule has 1 aliphatic heterocycles. The third-order valence-corrected chi connectivity index (χ3v) is 2.27. The molecule has 0 fully saturated rings. The summed E-state index contributed by atoms with van der Waals surface area (Å²) >= 11 is 0. The molecule has 0 saturated carbocycles. The van der Waals surface area contributed by atoms with Crippen LogP contribution in [-0.2, 0) is 6.54 Å². The number of benzene rings is 1. The highest BCUT2D eigenvalue weighted by Crippen LogP contribution is 2.04. The van der Waals surface area contributed by atoms with Crippen molar-refractivity contribution in [1.29, 1.82) is 0 Å². The van der Waals surface area contributed by atoms with Crippen molar-refractivity contribution in [1.82, 2.24) is 0 Å². The van der Waals surface area contributed by atoms with Crippen LogP contribution in [0.4, 0.5) is 0 Å². The summed E-state index contributed by atoms with van der Waals surface area (Å²) in [6.07, 6.45) is 4.90. The molecule has 0 radical (unpaired) electrons. The molecule has 1 heteroatoms. The van der Waals surface area contributed by atoms with E-state index in [4.69, 9.17) is 0 Å². The zero-order valence-electron chi connectivity index (χ0n) is 7.24. The molecule has 0 amide bonds. The third-order valence-electron chi connectivity index (χ3n) is 2.27. The Hall–Kier alpha value is -1.11. The molecule has 1 nitrogen and oxygen atoms in total. The minimum absolute atomic E-state index is 1.08. The molecule has 0 bridgehead atoms. The average Bonchev–Trinajstić information content (AvgIpc) is 2.59. The summed E-state index contributed by atoms with van der Waals surface area (Å²) in [7, 11) is 0. The standard InChI is InChI=1S/C11H14N/c1-2-6-11(7-3-1)10-12-8-4-5-9-12/h1-3,6-8H,4-5,9-10H2/q+1. The van der Waals surface area contributed by atoms with Crippen molar-refractivity contribution in [3.05, 3.63) is 35.9 Å². The van der Waals surface area contributed by atoms with Gasteiger partial charge in [0.15, 0.2) is 6.54 Å². The second-order valence-corrected chi connectivity index (χ2v) is 3.28. The van der Waals surface area contributed by atoms with E-state index in [0.29, 0.717) is 0 Å². The van der Waals surface area contributed by atoms with Crippen LogP contribution in [0.15, 0.2) is 30.3 Å². The van der Waals surface area contributed by atoms with Crippen molar-refractivity contribution < 1.29 is 4.58 Å². The normalized spacial score (nSPS) is 16.2. The molecule has 0 atom stereocenters. The molecule has 1 aromatic carbocycles. The van der Waals surface area contributed by atoms with Gasteiger partial charge in [0.05, 0.1) is 0 Å². The Bertz CT molecular complexity index is 274. The van der Waals surface area contributed by atoms with Crippen molar-refractivity contribution in [2.75, 3.05) is 6.54 Å². The van der Waals surface area contributed by atoms with Gasteiger partial charge < -0.3 is 0 Å². The summed E-state index contributed by atoms with van der Waals surface area (Å²) in [5.41, 5.74) is 1.41. The molecular weight excluding hydrogens is 146 g/mol. The van der Waals surface area contributed by atoms with E-state index in [1.807, 2.05) is 0 Å². The fourth-order valence-electron chi connectivity index (χ4n) is 1.62. The maximum Gasteiger partial charge on any atom is 0.167 e. The minimum Gasteiger partial charge on any atom is -0.235 e. The van der Waals surface area contributed by atoms with Gasteiger partial charge in [-0.05, 0) is 0 Å². The predicted molar refractivity (Wildman–Crippen MR) is 50.6 cm³/mol. The Morgan fingerprint density at radius 2 is 2.00 bits per heavy atom. The molecule has 1 aliphatic rings. The van der Waals surface area contributed by atoms with Crippen LogP contribution in [0.1, 0.15) is 18.4 Å². The Labute approximate surface area is 73.4 Å². The predicted octanol–water partition coefficient (Wildman–Crippen LogP) is 2.06. The zero-order valence-corrected chi connectivity index (χ0v) is 7.24. The summed E-state index contributed by atoms with van der Waals surface area (Å²) < 4.78 is 2.40. The Kier molecular flexibility index (Phi) is 2.21. The van der Waals surface area contributed by atoms with Crippen molar-refractivity contribution in [2.45, 2.75) is 19.4 Å². The van der Waals surface area contributed by atoms with E-state index in [-0.39, 0.29) is 0 Å². The van der Waals surface area contributed by atoms with Crippen LogP contribution in [0.3, 0.4) is 0 Å². The number of rotatable bonds is 2. The molecule has 0 aromatic heterocycles. The third kappa shape index (κ3) is 1.73. The van der Waals surface area contributed by atoms with Gasteiger partial charge in [0.1, 0.15) is 12.8 Å². The van der Waals surface area contributed by atoms with Crippen LogP contribution in [0.25, 0.3) is 0 Å². The highest BCUT2D eigenvalue weighted by atomic mass is 15.0. The average molecular weight is 160 g/mol. The van der Waals surface area contributed by atoms with Crippen LogP contribution >= 0.6 is 0 Å². The molecule has 62 valence electrons. The largest absolute Gasteiger partial charge is 0.235 e. The zero-order chi connectivity index (χ0) is 8.23. The van der Waals surface area contributed by atoms with Gasteiger partial charge in [0.25, 0.3) is 0 Å². The van der Waals surface area contributed by atoms with Crippen LogP contribution < -0.4 is 0 Å². The lowest BCUT2D eigenvalue weighted by Gasteiger charge is -1.97. The summed E-state index contributed by atoms with van der Waals surface area (Å²) in [5, 5.41) is 0. The van der Waals surface area contributed by atoms with E-state index < -0.39 is 0 Å². The van der Waals surface area contributed by atoms with Gasteiger partial charge in [-0.1, -0.05) is 30.3 Å². The van der Waals surface area contributed by atoms with E-state index >= 15 is 0 Å². The molecule has 12 heavy (non-hydrogen) atoms. The van der Waals surface area contributed by atoms with Gasteiger partial charge in [0, 0.05) is 18.4 Å². The fourth-order valence-corrected chi connectivity index (χ4v) is 1.62. The van der Waals surface area contributed by atoms with Crippen molar-refractivity contribution in [2.24, 2.45) is 0 Å². The van der Waals surface area contributed by atoms with Crippen LogP contribution in [-0.4, -0.2) is 17.3 Å². The molecular formula is C11H14N+. The van der Waals surface area contributed by atoms with Crippen molar-refractivity contribution in [3.63, 3.8) is 0 Å². The van der Waals surface area contributed by atoms with E-state index in [2.05, 4.69) is 41.1 Å². The number of hydrogen-bond acceptors (Lipinski definition) is 0. The molecule has 0 unspecified atom stereocenters. The first-order chi connectivity index (χ1) is 5.95. The Balaban J connectivity index is 2.04. The first kappa shape index (κ1) is 7.53. The van der Waals surface area contributed by atoms with E-state index in [1.54, 1.807) is 0 Å². The lowest BCUT2D eigenvalue weighted by Crippen LogP contribution is -2.07.